The first-order valence-electron chi connectivity index (χ1n) is 7.71. The third kappa shape index (κ3) is 4.84. The van der Waals surface area contributed by atoms with Crippen LogP contribution >= 0.6 is 0 Å². The highest BCUT2D eigenvalue weighted by molar-refractivity contribution is 5.76. The molecule has 0 aliphatic heterocycles. The van der Waals surface area contributed by atoms with Crippen LogP contribution in [-0.2, 0) is 11.3 Å². The van der Waals surface area contributed by atoms with Crippen molar-refractivity contribution < 1.29 is 9.53 Å². The summed E-state index contributed by atoms with van der Waals surface area (Å²) in [6.45, 7) is 5.57. The molecule has 2 aromatic rings. The van der Waals surface area contributed by atoms with Gasteiger partial charge in [0.25, 0.3) is 5.56 Å². The number of H-pyrrole nitrogens is 1. The minimum Gasteiger partial charge on any atom is -0.491 e. The molecule has 7 heteroatoms. The molecule has 0 unspecified atom stereocenters. The van der Waals surface area contributed by atoms with E-state index in [9.17, 15) is 14.4 Å². The number of amides is 1. The van der Waals surface area contributed by atoms with Crippen molar-refractivity contribution >= 4 is 5.91 Å². The number of aromatic nitrogens is 2. The Hall–Kier alpha value is -2.83. The van der Waals surface area contributed by atoms with Gasteiger partial charge >= 0.3 is 5.69 Å². The summed E-state index contributed by atoms with van der Waals surface area (Å²) in [5.74, 6) is 0.410. The Morgan fingerprint density at radius 3 is 2.67 bits per heavy atom. The van der Waals surface area contributed by atoms with Crippen molar-refractivity contribution in [2.45, 2.75) is 39.5 Å². The van der Waals surface area contributed by atoms with Crippen LogP contribution in [0.25, 0.3) is 0 Å². The Morgan fingerprint density at radius 2 is 2.00 bits per heavy atom. The maximum Gasteiger partial charge on any atom is 0.328 e. The van der Waals surface area contributed by atoms with Gasteiger partial charge in [0.05, 0.1) is 12.1 Å². The first-order valence-corrected chi connectivity index (χ1v) is 7.71. The highest BCUT2D eigenvalue weighted by atomic mass is 16.5. The quantitative estimate of drug-likeness (QED) is 0.832. The average molecular weight is 331 g/mol. The van der Waals surface area contributed by atoms with Crippen molar-refractivity contribution in [3.8, 4) is 5.75 Å². The maximum absolute atomic E-state index is 12.1. The molecule has 0 saturated carbocycles. The summed E-state index contributed by atoms with van der Waals surface area (Å²) < 4.78 is 6.78. The Morgan fingerprint density at radius 1 is 1.25 bits per heavy atom. The third-order valence-electron chi connectivity index (χ3n) is 3.32. The molecule has 7 nitrogen and oxygen atoms in total. The van der Waals surface area contributed by atoms with Crippen LogP contribution in [0.1, 0.15) is 32.4 Å². The molecule has 0 saturated heterocycles. The molecule has 1 aromatic heterocycles. The summed E-state index contributed by atoms with van der Waals surface area (Å²) in [4.78, 5) is 36.8. The van der Waals surface area contributed by atoms with Crippen LogP contribution in [-0.4, -0.2) is 21.6 Å². The second-order valence-electron chi connectivity index (χ2n) is 5.77. The van der Waals surface area contributed by atoms with E-state index in [1.165, 1.54) is 12.3 Å². The monoisotopic (exact) mass is 331 g/mol. The van der Waals surface area contributed by atoms with Crippen molar-refractivity contribution in [2.75, 3.05) is 0 Å². The number of ether oxygens (including phenoxy) is 1. The van der Waals surface area contributed by atoms with Gasteiger partial charge in [0.2, 0.25) is 5.91 Å². The maximum atomic E-state index is 12.1. The predicted molar refractivity (Wildman–Crippen MR) is 90.1 cm³/mol. The fourth-order valence-electron chi connectivity index (χ4n) is 2.22. The van der Waals surface area contributed by atoms with Crippen molar-refractivity contribution in [2.24, 2.45) is 0 Å². The molecule has 0 spiro atoms. The molecule has 0 radical (unpaired) electrons. The van der Waals surface area contributed by atoms with E-state index in [4.69, 9.17) is 4.74 Å². The lowest BCUT2D eigenvalue weighted by molar-refractivity contribution is -0.122. The molecular weight excluding hydrogens is 310 g/mol. The molecular formula is C17H21N3O4. The van der Waals surface area contributed by atoms with Crippen LogP contribution in [0, 0.1) is 0 Å². The van der Waals surface area contributed by atoms with Gasteiger partial charge < -0.3 is 10.1 Å². The molecule has 1 aromatic carbocycles. The fourth-order valence-corrected chi connectivity index (χ4v) is 2.22. The van der Waals surface area contributed by atoms with Gasteiger partial charge in [-0.3, -0.25) is 19.1 Å². The largest absolute Gasteiger partial charge is 0.491 e. The van der Waals surface area contributed by atoms with E-state index in [1.807, 2.05) is 45.0 Å². The molecule has 2 rings (SSSR count). The number of hydrogen-bond donors (Lipinski definition) is 2. The zero-order valence-corrected chi connectivity index (χ0v) is 13.9. The van der Waals surface area contributed by atoms with Gasteiger partial charge in [-0.2, -0.15) is 0 Å². The van der Waals surface area contributed by atoms with Crippen LogP contribution in [0.3, 0.4) is 0 Å². The lowest BCUT2D eigenvalue weighted by Gasteiger charge is -2.17. The van der Waals surface area contributed by atoms with E-state index >= 15 is 0 Å². The number of benzene rings is 1. The number of nitrogens with zero attached hydrogens (tertiary/aromatic N) is 1. The standard InChI is InChI=1S/C17H21N3O4/c1-11(2)24-14-6-4-5-13(9-14)12(3)18-16(22)10-20-8-7-15(21)19-17(20)23/h4-9,11-12H,10H2,1-3H3,(H,18,22)(H,19,21,23)/t12-/m0/s1. The molecule has 0 aliphatic rings. The summed E-state index contributed by atoms with van der Waals surface area (Å²) in [5.41, 5.74) is -0.208. The van der Waals surface area contributed by atoms with Gasteiger partial charge in [-0.1, -0.05) is 12.1 Å². The topological polar surface area (TPSA) is 93.2 Å². The third-order valence-corrected chi connectivity index (χ3v) is 3.32. The number of carbonyl (C=O) groups excluding carboxylic acids is 1. The van der Waals surface area contributed by atoms with Gasteiger partial charge in [-0.15, -0.1) is 0 Å². The normalized spacial score (nSPS) is 12.0. The molecule has 0 fully saturated rings. The Bertz CT molecular complexity index is 823. The number of nitrogens with one attached hydrogen (secondary N) is 2. The predicted octanol–water partition coefficient (Wildman–Crippen LogP) is 1.20. The SMILES string of the molecule is CC(C)Oc1cccc([C@H](C)NC(=O)Cn2ccc(=O)[nH]c2=O)c1. The Labute approximate surface area is 139 Å². The molecule has 0 aliphatic carbocycles. The van der Waals surface area contributed by atoms with Crippen molar-refractivity contribution in [1.82, 2.24) is 14.9 Å². The highest BCUT2D eigenvalue weighted by Gasteiger charge is 2.12. The summed E-state index contributed by atoms with van der Waals surface area (Å²) in [7, 11) is 0. The number of carbonyl (C=O) groups is 1. The Kier molecular flexibility index (Phi) is 5.57. The van der Waals surface area contributed by atoms with Crippen LogP contribution in [0.2, 0.25) is 0 Å². The molecule has 1 atom stereocenters. The van der Waals surface area contributed by atoms with E-state index in [0.717, 1.165) is 15.9 Å². The van der Waals surface area contributed by atoms with Crippen LogP contribution in [0.15, 0.2) is 46.1 Å². The summed E-state index contributed by atoms with van der Waals surface area (Å²) in [6.07, 6.45) is 1.36. The highest BCUT2D eigenvalue weighted by Crippen LogP contribution is 2.20. The van der Waals surface area contributed by atoms with Crippen molar-refractivity contribution in [3.05, 3.63) is 62.9 Å². The zero-order chi connectivity index (χ0) is 17.7. The fraction of sp³-hybridized carbons (Fsp3) is 0.353. The van der Waals surface area contributed by atoms with E-state index in [-0.39, 0.29) is 24.6 Å². The van der Waals surface area contributed by atoms with E-state index in [0.29, 0.717) is 0 Å². The van der Waals surface area contributed by atoms with Gasteiger partial charge in [0.15, 0.2) is 0 Å². The van der Waals surface area contributed by atoms with Crippen molar-refractivity contribution in [3.63, 3.8) is 0 Å². The smallest absolute Gasteiger partial charge is 0.328 e. The van der Waals surface area contributed by atoms with Crippen LogP contribution in [0.5, 0.6) is 5.75 Å². The van der Waals surface area contributed by atoms with E-state index in [2.05, 4.69) is 10.3 Å². The lowest BCUT2D eigenvalue weighted by atomic mass is 10.1. The molecule has 24 heavy (non-hydrogen) atoms. The Balaban J connectivity index is 2.03. The van der Waals surface area contributed by atoms with E-state index in [1.54, 1.807) is 0 Å². The van der Waals surface area contributed by atoms with Gasteiger partial charge in [0.1, 0.15) is 12.3 Å². The molecule has 1 amide bonds. The van der Waals surface area contributed by atoms with Crippen LogP contribution < -0.4 is 21.3 Å². The van der Waals surface area contributed by atoms with E-state index < -0.39 is 11.2 Å². The summed E-state index contributed by atoms with van der Waals surface area (Å²) in [6, 6.07) is 8.44. The number of rotatable bonds is 6. The second-order valence-corrected chi connectivity index (χ2v) is 5.77. The van der Waals surface area contributed by atoms with Gasteiger partial charge in [0, 0.05) is 12.3 Å². The molecule has 2 N–H and O–H groups in total. The minimum atomic E-state index is -0.613. The van der Waals surface area contributed by atoms with Crippen LogP contribution in [0.4, 0.5) is 0 Å². The molecule has 128 valence electrons. The summed E-state index contributed by atoms with van der Waals surface area (Å²) in [5, 5.41) is 2.82. The van der Waals surface area contributed by atoms with Gasteiger partial charge in [-0.05, 0) is 38.5 Å². The first kappa shape index (κ1) is 17.5. The summed E-state index contributed by atoms with van der Waals surface area (Å²) >= 11 is 0. The molecule has 0 bridgehead atoms. The second kappa shape index (κ2) is 7.63. The van der Waals surface area contributed by atoms with Gasteiger partial charge in [-0.25, -0.2) is 4.79 Å². The minimum absolute atomic E-state index is 0.0669. The number of aromatic amines is 1. The lowest BCUT2D eigenvalue weighted by Crippen LogP contribution is -2.36. The average Bonchev–Trinajstić information content (AvgIpc) is 2.49. The first-order chi connectivity index (χ1) is 11.3. The number of hydrogen-bond acceptors (Lipinski definition) is 4. The molecule has 1 heterocycles. The van der Waals surface area contributed by atoms with Crippen molar-refractivity contribution in [1.29, 1.82) is 0 Å². The zero-order valence-electron chi connectivity index (χ0n) is 13.9.